The van der Waals surface area contributed by atoms with Gasteiger partial charge in [0, 0.05) is 151 Å². The Kier molecular flexibility index (Phi) is 20.6. The molecule has 0 saturated carbocycles. The van der Waals surface area contributed by atoms with E-state index in [0.717, 1.165) is 157 Å². The van der Waals surface area contributed by atoms with Crippen LogP contribution < -0.4 is 26.2 Å². The molecule has 0 fully saturated rings. The summed E-state index contributed by atoms with van der Waals surface area (Å²) in [6.07, 6.45) is 2.03. The maximum absolute atomic E-state index is 5.85. The van der Waals surface area contributed by atoms with Crippen LogP contribution in [0, 0.1) is 0 Å². The monoisotopic (exact) mass is 1700 g/mol. The third-order valence-electron chi connectivity index (χ3n) is 27.2. The van der Waals surface area contributed by atoms with Gasteiger partial charge in [-0.25, -0.2) is 0 Å². The molecule has 0 amide bonds. The third-order valence-corrected chi connectivity index (χ3v) is 27.2. The minimum absolute atomic E-state index is 0.0997. The Bertz CT molecular complexity index is 6840. The Hall–Kier alpha value is -11.9. The Morgan fingerprint density at radius 2 is 0.574 bits per heavy atom. The Balaban J connectivity index is 1.07. The van der Waals surface area contributed by atoms with Gasteiger partial charge in [-0.2, -0.15) is 0 Å². The van der Waals surface area contributed by atoms with Gasteiger partial charge in [-0.1, -0.05) is 317 Å². The fraction of sp³-hybridized carbons (Fsp3) is 0.333. The number of hydrogen-bond acceptors (Lipinski definition) is 6. The summed E-state index contributed by atoms with van der Waals surface area (Å²) in [6, 6.07) is 95.4. The van der Waals surface area contributed by atoms with Crippen molar-refractivity contribution in [1.29, 1.82) is 0 Å². The molecule has 0 bridgehead atoms. The van der Waals surface area contributed by atoms with Crippen molar-refractivity contribution in [3.8, 4) is 67.1 Å². The fourth-order valence-corrected chi connectivity index (χ4v) is 19.4. The molecule has 16 aromatic rings. The van der Waals surface area contributed by atoms with Crippen LogP contribution in [0.25, 0.3) is 111 Å². The molecule has 0 radical (unpaired) electrons. The Morgan fingerprint density at radius 3 is 0.938 bits per heavy atom. The maximum Gasteiger partial charge on any atom is 0.252 e. The van der Waals surface area contributed by atoms with Crippen molar-refractivity contribution >= 4 is 101 Å². The topological polar surface area (TPSA) is 67.9 Å². The zero-order valence-electron chi connectivity index (χ0n) is 82.3. The normalized spacial score (nSPS) is 13.8. The van der Waals surface area contributed by atoms with Gasteiger partial charge in [-0.15, -0.1) is 0 Å². The number of pyridine rings is 4. The molecule has 8 nitrogen and oxygen atoms in total. The number of benzene rings is 10. The first-order valence-corrected chi connectivity index (χ1v) is 46.9. The van der Waals surface area contributed by atoms with Gasteiger partial charge in [0.2, 0.25) is 0 Å². The fourth-order valence-electron chi connectivity index (χ4n) is 19.4. The highest BCUT2D eigenvalue weighted by Gasteiger charge is 2.47. The lowest BCUT2D eigenvalue weighted by atomic mass is 9.33. The van der Waals surface area contributed by atoms with Gasteiger partial charge in [0.15, 0.2) is 0 Å². The average Bonchev–Trinajstić information content (AvgIpc) is 0.883. The maximum atomic E-state index is 5.85. The Labute approximate surface area is 768 Å². The Morgan fingerprint density at radius 1 is 0.233 bits per heavy atom. The van der Waals surface area contributed by atoms with E-state index in [1.807, 2.05) is 6.20 Å². The van der Waals surface area contributed by atoms with E-state index in [9.17, 15) is 0 Å². The first-order chi connectivity index (χ1) is 60.3. The molecule has 9 heteroatoms. The molecule has 10 aromatic carbocycles. The minimum atomic E-state index is -0.368. The zero-order chi connectivity index (χ0) is 92.2. The molecule has 8 heterocycles. The first-order valence-electron chi connectivity index (χ1n) is 46.9. The molecule has 0 unspecified atom stereocenters. The van der Waals surface area contributed by atoms with E-state index < -0.39 is 0 Å². The molecule has 2 aliphatic rings. The quantitative estimate of drug-likeness (QED) is 0.134. The molecule has 0 N–H and O–H groups in total. The van der Waals surface area contributed by atoms with E-state index in [1.54, 1.807) is 0 Å². The van der Waals surface area contributed by atoms with Gasteiger partial charge in [0.1, 0.15) is 0 Å². The van der Waals surface area contributed by atoms with Crippen molar-refractivity contribution < 1.29 is 0 Å². The lowest BCUT2D eigenvalue weighted by Gasteiger charge is -2.46. The molecule has 129 heavy (non-hydrogen) atoms. The molecule has 2 aliphatic heterocycles. The summed E-state index contributed by atoms with van der Waals surface area (Å²) in [6.45, 7) is 69.1. The van der Waals surface area contributed by atoms with Crippen LogP contribution in [-0.2, 0) is 54.1 Å². The van der Waals surface area contributed by atoms with E-state index in [-0.39, 0.29) is 60.9 Å². The van der Waals surface area contributed by atoms with Gasteiger partial charge in [0.05, 0.1) is 39.1 Å². The summed E-state index contributed by atoms with van der Waals surface area (Å²) >= 11 is 0. The van der Waals surface area contributed by atoms with E-state index in [0.29, 0.717) is 0 Å². The molecule has 6 aromatic heterocycles. The first kappa shape index (κ1) is 87.7. The summed E-state index contributed by atoms with van der Waals surface area (Å²) in [4.78, 5) is 27.9. The van der Waals surface area contributed by atoms with E-state index >= 15 is 0 Å². The molecule has 18 rings (SSSR count). The minimum Gasteiger partial charge on any atom is -0.310 e. The number of fused-ring (bicyclic) bond motifs is 10. The van der Waals surface area contributed by atoms with E-state index in [1.165, 1.54) is 60.2 Å². The lowest BCUT2D eigenvalue weighted by molar-refractivity contribution is 0.531. The van der Waals surface area contributed by atoms with Crippen LogP contribution in [0.5, 0.6) is 0 Å². The highest BCUT2D eigenvalue weighted by atomic mass is 15.2. The van der Waals surface area contributed by atoms with Crippen LogP contribution in [0.2, 0.25) is 0 Å². The summed E-state index contributed by atoms with van der Waals surface area (Å²) < 4.78 is 5.14. The van der Waals surface area contributed by atoms with Crippen LogP contribution in [0.3, 0.4) is 0 Å². The van der Waals surface area contributed by atoms with Gasteiger partial charge in [-0.05, 0) is 222 Å². The molecular formula is C120H131BN8. The summed E-state index contributed by atoms with van der Waals surface area (Å²) in [5.74, 6) is 0. The second-order valence-corrected chi connectivity index (χ2v) is 47.5. The SMILES string of the molecule is CC(C)(C)c1ccc2c(c1)c1cc(C(C)(C)C)ccc1n2-c1ccc2c(c1)N(c1c(-c3cc(C(C)(C)C)nc(C(C)(C)C)c3)cccc1-c1cc(C(C)(C)C)nc(C(C)(C)C)c1)c1cc(-c3ccccc3)cc3c1B2c1ccc(-n2c4ccc(C(C)(C)C)cc4c4cc(C(C)(C)C)ccc42)cc1N3c1c(-c2ccnc(C(C)(C)C)c2)cccc1-c1cccc(C(C)(C)C)n1. The van der Waals surface area contributed by atoms with Crippen LogP contribution in [0.4, 0.5) is 34.1 Å². The van der Waals surface area contributed by atoms with Crippen molar-refractivity contribution in [2.75, 3.05) is 9.80 Å². The molecule has 0 aliphatic carbocycles. The summed E-state index contributed by atoms with van der Waals surface area (Å²) in [5, 5.41) is 4.95. The smallest absolute Gasteiger partial charge is 0.252 e. The van der Waals surface area contributed by atoms with Crippen molar-refractivity contribution in [1.82, 2.24) is 29.1 Å². The van der Waals surface area contributed by atoms with Crippen molar-refractivity contribution in [3.63, 3.8) is 0 Å². The van der Waals surface area contributed by atoms with Crippen molar-refractivity contribution in [2.24, 2.45) is 0 Å². The highest BCUT2D eigenvalue weighted by molar-refractivity contribution is 7.00. The summed E-state index contributed by atoms with van der Waals surface area (Å²) in [5.41, 5.74) is 36.3. The van der Waals surface area contributed by atoms with Crippen molar-refractivity contribution in [3.05, 3.63) is 305 Å². The average molecular weight is 1700 g/mol. The van der Waals surface area contributed by atoms with Gasteiger partial charge in [0.25, 0.3) is 6.71 Å². The summed E-state index contributed by atoms with van der Waals surface area (Å²) in [7, 11) is 0. The van der Waals surface area contributed by atoms with Crippen LogP contribution in [0.1, 0.15) is 264 Å². The molecule has 0 saturated heterocycles. The second-order valence-electron chi connectivity index (χ2n) is 47.5. The standard InChI is InChI=1S/C120H131BN8/c1-111(2,3)77-45-53-94-87(66-77)88-67-78(112(4,5)6)46-54-95(88)126(94)81-49-51-91-98(70-81)128(109-84(75-62-104(117(19,20)21)124-105(63-75)118(22,23)24)40-34-41-85(109)76-64-106(119(25,26)27)125-107(65-76)120(28,29)30)100-59-74(72-37-32-31-33-38-72)60-101-108(100)121(91)92-52-50-82(127-96-55-47-79(113(7,8)9)68-89(96)90-69-80(114(10,11)12)48-56-97(90)127)71-99(92)129(101)110-83(73-57-58-122-103(61-73)116(16,17)18)39-35-42-86(110)93-43-36-44-102(123-93)115(13,14)15/h31-71H,1-30H3. The van der Waals surface area contributed by atoms with Crippen LogP contribution in [0.15, 0.2) is 249 Å². The highest BCUT2D eigenvalue weighted by Crippen LogP contribution is 2.56. The molecule has 0 spiro atoms. The largest absolute Gasteiger partial charge is 0.310 e. The van der Waals surface area contributed by atoms with Crippen molar-refractivity contribution in [2.45, 2.75) is 262 Å². The number of aromatic nitrogens is 6. The molecule has 0 atom stereocenters. The van der Waals surface area contributed by atoms with E-state index in [2.05, 4.69) is 469 Å². The van der Waals surface area contributed by atoms with Gasteiger partial charge in [-0.3, -0.25) is 19.9 Å². The second kappa shape index (κ2) is 30.3. The van der Waals surface area contributed by atoms with Crippen LogP contribution in [-0.4, -0.2) is 35.8 Å². The lowest BCUT2D eigenvalue weighted by Crippen LogP contribution is -2.61. The predicted molar refractivity (Wildman–Crippen MR) is 555 cm³/mol. The van der Waals surface area contributed by atoms with E-state index in [4.69, 9.17) is 19.9 Å². The number of para-hydroxylation sites is 2. The number of hydrogen-bond donors (Lipinski definition) is 0. The molecular weight excluding hydrogens is 1560 g/mol. The zero-order valence-corrected chi connectivity index (χ0v) is 82.3. The predicted octanol–water partition coefficient (Wildman–Crippen LogP) is 30.9. The molecule has 654 valence electrons. The van der Waals surface area contributed by atoms with Gasteiger partial charge >= 0.3 is 0 Å². The third kappa shape index (κ3) is 15.7. The van der Waals surface area contributed by atoms with Gasteiger partial charge < -0.3 is 18.9 Å². The number of nitrogens with zero attached hydrogens (tertiary/aromatic N) is 8. The number of rotatable bonds is 9. The van der Waals surface area contributed by atoms with Crippen LogP contribution >= 0.6 is 0 Å². The number of anilines is 6.